The Morgan fingerprint density at radius 1 is 1.07 bits per heavy atom. The molecule has 7 nitrogen and oxygen atoms in total. The van der Waals surface area contributed by atoms with E-state index in [0.717, 1.165) is 28.0 Å². The maximum Gasteiger partial charge on any atom is 0.433 e. The number of carbonyl (C=O) groups excluding carboxylic acids is 1. The summed E-state index contributed by atoms with van der Waals surface area (Å²) in [4.78, 5) is 18.6. The second kappa shape index (κ2) is 10.0. The number of aromatic hydroxyl groups is 1. The molecule has 1 atom stereocenters. The van der Waals surface area contributed by atoms with Crippen molar-refractivity contribution in [1.29, 1.82) is 0 Å². The van der Waals surface area contributed by atoms with Crippen molar-refractivity contribution in [2.45, 2.75) is 18.6 Å². The molecule has 0 radical (unpaired) electrons. The second-order valence-corrected chi connectivity index (χ2v) is 11.5. The summed E-state index contributed by atoms with van der Waals surface area (Å²) < 4.78 is 43.9. The molecule has 6 rings (SSSR count). The highest BCUT2D eigenvalue weighted by Gasteiger charge is 2.38. The molecule has 5 aromatic rings. The summed E-state index contributed by atoms with van der Waals surface area (Å²) in [5.41, 5.74) is 0.293. The molecule has 3 aromatic heterocycles. The lowest BCUT2D eigenvalue weighted by Gasteiger charge is -2.22. The van der Waals surface area contributed by atoms with Crippen LogP contribution in [-0.2, 0) is 6.18 Å². The van der Waals surface area contributed by atoms with Gasteiger partial charge in [0.2, 0.25) is 0 Å². The van der Waals surface area contributed by atoms with E-state index < -0.39 is 23.8 Å². The molecule has 0 saturated carbocycles. The van der Waals surface area contributed by atoms with Crippen molar-refractivity contribution in [3.8, 4) is 16.3 Å². The third kappa shape index (κ3) is 4.87. The SMILES string of the molecule is O=C(c1cc2nc(-c3ccc(Cl)s3)cc(C(F)(F)F)n2n1)N1N=C(c2ccccc2)C[C@@H]1c1cc(Br)ccc1O. The molecule has 0 unspecified atom stereocenters. The number of nitrogens with zero attached hydrogens (tertiary/aromatic N) is 5. The summed E-state index contributed by atoms with van der Waals surface area (Å²) in [6.45, 7) is 0. The first-order valence-electron chi connectivity index (χ1n) is 11.8. The van der Waals surface area contributed by atoms with Gasteiger partial charge >= 0.3 is 6.18 Å². The summed E-state index contributed by atoms with van der Waals surface area (Å²) >= 11 is 10.5. The number of benzene rings is 2. The van der Waals surface area contributed by atoms with Crippen LogP contribution in [0.25, 0.3) is 16.2 Å². The van der Waals surface area contributed by atoms with Crippen molar-refractivity contribution in [2.75, 3.05) is 0 Å². The molecule has 1 N–H and O–H groups in total. The topological polar surface area (TPSA) is 83.1 Å². The first kappa shape index (κ1) is 26.5. The monoisotopic (exact) mass is 645 g/mol. The van der Waals surface area contributed by atoms with Crippen LogP contribution in [0.3, 0.4) is 0 Å². The number of halogens is 5. The van der Waals surface area contributed by atoms with Gasteiger partial charge in [0.15, 0.2) is 17.0 Å². The van der Waals surface area contributed by atoms with Gasteiger partial charge in [0.05, 0.1) is 26.7 Å². The lowest BCUT2D eigenvalue weighted by atomic mass is 9.97. The lowest BCUT2D eigenvalue weighted by molar-refractivity contribution is -0.142. The number of hydrogen-bond donors (Lipinski definition) is 1. The van der Waals surface area contributed by atoms with Crippen molar-refractivity contribution < 1.29 is 23.1 Å². The number of phenols is 1. The van der Waals surface area contributed by atoms with Crippen molar-refractivity contribution in [3.63, 3.8) is 0 Å². The van der Waals surface area contributed by atoms with Gasteiger partial charge in [0, 0.05) is 22.5 Å². The van der Waals surface area contributed by atoms with Gasteiger partial charge in [-0.05, 0) is 42.0 Å². The predicted molar refractivity (Wildman–Crippen MR) is 149 cm³/mol. The Balaban J connectivity index is 1.47. The average Bonchev–Trinajstić information content (AvgIpc) is 3.67. The summed E-state index contributed by atoms with van der Waals surface area (Å²) in [5.74, 6) is -0.791. The van der Waals surface area contributed by atoms with Crippen LogP contribution < -0.4 is 0 Å². The van der Waals surface area contributed by atoms with Gasteiger partial charge in [0.1, 0.15) is 5.75 Å². The minimum atomic E-state index is -4.78. The molecule has 1 amide bonds. The molecule has 0 saturated heterocycles. The minimum Gasteiger partial charge on any atom is -0.508 e. The molecule has 0 bridgehead atoms. The van der Waals surface area contributed by atoms with Crippen LogP contribution in [0.15, 0.2) is 82.4 Å². The molecule has 0 spiro atoms. The average molecular weight is 647 g/mol. The highest BCUT2D eigenvalue weighted by molar-refractivity contribution is 9.10. The Kier molecular flexibility index (Phi) is 6.64. The minimum absolute atomic E-state index is 0.0502. The largest absolute Gasteiger partial charge is 0.508 e. The Morgan fingerprint density at radius 2 is 1.85 bits per heavy atom. The van der Waals surface area contributed by atoms with E-state index in [1.165, 1.54) is 12.1 Å². The van der Waals surface area contributed by atoms with Crippen LogP contribution in [0.5, 0.6) is 5.75 Å². The van der Waals surface area contributed by atoms with Crippen molar-refractivity contribution in [2.24, 2.45) is 5.10 Å². The van der Waals surface area contributed by atoms with Gasteiger partial charge < -0.3 is 5.11 Å². The number of thiophene rings is 1. The molecule has 1 aliphatic heterocycles. The van der Waals surface area contributed by atoms with Gasteiger partial charge in [-0.1, -0.05) is 57.9 Å². The summed E-state index contributed by atoms with van der Waals surface area (Å²) in [6, 6.07) is 18.5. The van der Waals surface area contributed by atoms with Gasteiger partial charge in [-0.25, -0.2) is 14.5 Å². The van der Waals surface area contributed by atoms with Crippen molar-refractivity contribution in [3.05, 3.63) is 104 Å². The van der Waals surface area contributed by atoms with E-state index in [1.807, 2.05) is 30.3 Å². The normalized spacial score (nSPS) is 15.6. The number of alkyl halides is 3. The fourth-order valence-corrected chi connectivity index (χ4v) is 5.90. The maximum absolute atomic E-state index is 14.1. The molecule has 202 valence electrons. The van der Waals surface area contributed by atoms with Crippen LogP contribution in [-0.4, -0.2) is 36.3 Å². The Morgan fingerprint density at radius 3 is 2.55 bits per heavy atom. The highest BCUT2D eigenvalue weighted by Crippen LogP contribution is 2.40. The molecule has 40 heavy (non-hydrogen) atoms. The molecule has 0 fully saturated rings. The molecule has 4 heterocycles. The van der Waals surface area contributed by atoms with Gasteiger partial charge in [-0.2, -0.15) is 23.4 Å². The highest BCUT2D eigenvalue weighted by atomic mass is 79.9. The maximum atomic E-state index is 14.1. The van der Waals surface area contributed by atoms with Crippen LogP contribution in [0.1, 0.15) is 39.8 Å². The number of phenolic OH excluding ortho intramolecular Hbond substituents is 1. The number of rotatable bonds is 4. The van der Waals surface area contributed by atoms with Crippen LogP contribution in [0, 0.1) is 0 Å². The zero-order valence-electron chi connectivity index (χ0n) is 20.1. The fourth-order valence-electron chi connectivity index (χ4n) is 4.51. The molecular formula is C27H16BrClF3N5O2S. The summed E-state index contributed by atoms with van der Waals surface area (Å²) in [5, 5.41) is 20.3. The first-order valence-corrected chi connectivity index (χ1v) is 13.8. The third-order valence-corrected chi connectivity index (χ3v) is 8.08. The molecule has 1 aliphatic rings. The zero-order chi connectivity index (χ0) is 28.2. The third-order valence-electron chi connectivity index (χ3n) is 6.34. The fraction of sp³-hybridized carbons (Fsp3) is 0.111. The molecular weight excluding hydrogens is 631 g/mol. The quantitative estimate of drug-likeness (QED) is 0.218. The number of hydrogen-bond acceptors (Lipinski definition) is 6. The van der Waals surface area contributed by atoms with Crippen molar-refractivity contribution >= 4 is 56.1 Å². The Bertz CT molecular complexity index is 1810. The van der Waals surface area contributed by atoms with Gasteiger partial charge in [-0.15, -0.1) is 11.3 Å². The van der Waals surface area contributed by atoms with Crippen LogP contribution >= 0.6 is 38.9 Å². The van der Waals surface area contributed by atoms with E-state index in [0.29, 0.717) is 29.5 Å². The van der Waals surface area contributed by atoms with Gasteiger partial charge in [0.25, 0.3) is 5.91 Å². The number of amides is 1. The van der Waals surface area contributed by atoms with Crippen molar-refractivity contribution in [1.82, 2.24) is 19.6 Å². The Hall–Kier alpha value is -3.74. The first-order chi connectivity index (χ1) is 19.1. The number of hydrazone groups is 1. The van der Waals surface area contributed by atoms with Gasteiger partial charge in [-0.3, -0.25) is 4.79 Å². The van der Waals surface area contributed by atoms with E-state index >= 15 is 0 Å². The van der Waals surface area contributed by atoms with Crippen LogP contribution in [0.4, 0.5) is 13.2 Å². The standard InChI is InChI=1S/C27H16BrClF3N5O2S/c28-15-6-7-21(38)16(10-15)20-11-17(14-4-2-1-3-5-14)34-36(20)26(39)19-13-25-33-18(22-8-9-24(29)40-22)12-23(27(30,31)32)37(25)35-19/h1-10,12-13,20,38H,11H2/t20-/m1/s1. The number of carbonyl (C=O) groups is 1. The zero-order valence-corrected chi connectivity index (χ0v) is 23.3. The molecule has 2 aromatic carbocycles. The number of fused-ring (bicyclic) bond motifs is 1. The number of aromatic nitrogens is 3. The molecule has 0 aliphatic carbocycles. The van der Waals surface area contributed by atoms with E-state index in [2.05, 4.69) is 31.1 Å². The van der Waals surface area contributed by atoms with E-state index in [9.17, 15) is 23.1 Å². The second-order valence-electron chi connectivity index (χ2n) is 8.91. The van der Waals surface area contributed by atoms with E-state index in [1.54, 1.807) is 24.3 Å². The van der Waals surface area contributed by atoms with E-state index in [4.69, 9.17) is 11.6 Å². The predicted octanol–water partition coefficient (Wildman–Crippen LogP) is 7.59. The summed E-state index contributed by atoms with van der Waals surface area (Å²) in [7, 11) is 0. The molecule has 13 heteroatoms. The Labute approximate surface area is 242 Å². The lowest BCUT2D eigenvalue weighted by Crippen LogP contribution is -2.27. The smallest absolute Gasteiger partial charge is 0.433 e. The summed E-state index contributed by atoms with van der Waals surface area (Å²) in [6.07, 6.45) is -4.51. The van der Waals surface area contributed by atoms with Crippen LogP contribution in [0.2, 0.25) is 4.34 Å². The van der Waals surface area contributed by atoms with E-state index in [-0.39, 0.29) is 29.2 Å².